The number of hydrogen-bond acceptors (Lipinski definition) is 3. The number of carbonyl (C=O) groups is 2. The Bertz CT molecular complexity index is 1000. The average molecular weight is 457 g/mol. The van der Waals surface area contributed by atoms with E-state index in [-0.39, 0.29) is 22.7 Å². The highest BCUT2D eigenvalue weighted by Crippen LogP contribution is 2.58. The summed E-state index contributed by atoms with van der Waals surface area (Å²) in [6, 6.07) is 32.2. The van der Waals surface area contributed by atoms with Gasteiger partial charge in [-0.3, -0.25) is 4.79 Å². The third-order valence-electron chi connectivity index (χ3n) is 7.36. The molecular weight excluding hydrogens is 428 g/mol. The maximum Gasteiger partial charge on any atom is 0.166 e. The molecule has 0 radical (unpaired) electrons. The molecule has 3 aromatic rings. The molecule has 4 bridgehead atoms. The maximum atomic E-state index is 11.7. The summed E-state index contributed by atoms with van der Waals surface area (Å²) in [5.41, 5.74) is -0.635. The van der Waals surface area contributed by atoms with Crippen molar-refractivity contribution in [2.45, 2.75) is 46.8 Å². The first kappa shape index (κ1) is 22.0. The number of Topliss-reactive ketones (excluding diaryl/α,β-unsaturated/α-hetero) is 1. The standard InChI is InChI=1S/C18H15S.C11H14O3/c1-4-10-16(11-5-1)19(17-12-6-2-7-13-17)18-14-8-3-9-15-18;12-9-7-1-6-2-8(9)5-11(3-6,4-7)10(13)14/h1-15H;6-8H,1-5H2,(H,13,14)/q+1;/p-1. The molecule has 4 fully saturated rings. The lowest BCUT2D eigenvalue weighted by Gasteiger charge is -2.56. The minimum atomic E-state index is -0.913. The fourth-order valence-corrected chi connectivity index (χ4v) is 8.18. The molecule has 33 heavy (non-hydrogen) atoms. The van der Waals surface area contributed by atoms with Gasteiger partial charge in [0, 0.05) is 23.2 Å². The molecule has 3 nitrogen and oxygen atoms in total. The highest BCUT2D eigenvalue weighted by atomic mass is 32.2. The highest BCUT2D eigenvalue weighted by molar-refractivity contribution is 7.97. The van der Waals surface area contributed by atoms with E-state index in [0.29, 0.717) is 24.5 Å². The van der Waals surface area contributed by atoms with Crippen LogP contribution in [0.5, 0.6) is 0 Å². The zero-order chi connectivity index (χ0) is 22.8. The van der Waals surface area contributed by atoms with Crippen LogP contribution in [0.2, 0.25) is 0 Å². The topological polar surface area (TPSA) is 57.2 Å². The summed E-state index contributed by atoms with van der Waals surface area (Å²) in [6.45, 7) is 0. The van der Waals surface area contributed by atoms with Crippen LogP contribution in [0.25, 0.3) is 0 Å². The summed E-state index contributed by atoms with van der Waals surface area (Å²) in [5, 5.41) is 11.1. The number of benzene rings is 3. The van der Waals surface area contributed by atoms with Gasteiger partial charge >= 0.3 is 0 Å². The van der Waals surface area contributed by atoms with Gasteiger partial charge in [0.15, 0.2) is 14.7 Å². The molecule has 0 N–H and O–H groups in total. The Labute approximate surface area is 198 Å². The van der Waals surface area contributed by atoms with Gasteiger partial charge in [0.05, 0.1) is 10.9 Å². The molecule has 3 aromatic carbocycles. The minimum absolute atomic E-state index is 0.0146. The number of carboxylic acids is 1. The van der Waals surface area contributed by atoms with Crippen molar-refractivity contribution in [1.29, 1.82) is 0 Å². The first-order chi connectivity index (χ1) is 16.1. The minimum Gasteiger partial charge on any atom is -0.550 e. The second kappa shape index (κ2) is 9.18. The lowest BCUT2D eigenvalue weighted by molar-refractivity contribution is -0.325. The fourth-order valence-electron chi connectivity index (χ4n) is 6.08. The Morgan fingerprint density at radius 3 is 1.45 bits per heavy atom. The molecule has 0 aromatic heterocycles. The van der Waals surface area contributed by atoms with Crippen molar-refractivity contribution in [2.75, 3.05) is 0 Å². The Morgan fingerprint density at radius 2 is 1.09 bits per heavy atom. The predicted octanol–water partition coefficient (Wildman–Crippen LogP) is 4.91. The molecular formula is C29H28O3S. The Hall–Kier alpha value is -2.85. The smallest absolute Gasteiger partial charge is 0.166 e. The molecule has 0 saturated heterocycles. The summed E-state index contributed by atoms with van der Waals surface area (Å²) in [4.78, 5) is 26.9. The summed E-state index contributed by atoms with van der Waals surface area (Å²) < 4.78 is 0. The molecule has 7 rings (SSSR count). The van der Waals surface area contributed by atoms with Crippen LogP contribution in [0.1, 0.15) is 32.1 Å². The molecule has 0 amide bonds. The van der Waals surface area contributed by atoms with Gasteiger partial charge in [-0.2, -0.15) is 0 Å². The van der Waals surface area contributed by atoms with E-state index < -0.39 is 11.4 Å². The second-order valence-electron chi connectivity index (χ2n) is 9.56. The van der Waals surface area contributed by atoms with Gasteiger partial charge in [0.25, 0.3) is 0 Å². The van der Waals surface area contributed by atoms with E-state index in [2.05, 4.69) is 91.0 Å². The maximum absolute atomic E-state index is 11.7. The third-order valence-corrected chi connectivity index (χ3v) is 9.59. The Kier molecular flexibility index (Phi) is 6.11. The van der Waals surface area contributed by atoms with E-state index in [1.165, 1.54) is 14.7 Å². The lowest BCUT2D eigenvalue weighted by Crippen LogP contribution is -2.57. The van der Waals surface area contributed by atoms with Gasteiger partial charge in [-0.1, -0.05) is 54.6 Å². The van der Waals surface area contributed by atoms with E-state index >= 15 is 0 Å². The number of hydrogen-bond donors (Lipinski definition) is 0. The number of carboxylic acid groups (broad SMARTS) is 1. The second-order valence-corrected chi connectivity index (χ2v) is 11.6. The molecule has 4 aliphatic carbocycles. The van der Waals surface area contributed by atoms with E-state index in [1.807, 2.05) is 0 Å². The van der Waals surface area contributed by atoms with Gasteiger partial charge < -0.3 is 9.90 Å². The molecule has 0 spiro atoms. The van der Waals surface area contributed by atoms with Crippen LogP contribution in [-0.2, 0) is 20.5 Å². The van der Waals surface area contributed by atoms with Gasteiger partial charge in [-0.15, -0.1) is 0 Å². The molecule has 2 atom stereocenters. The van der Waals surface area contributed by atoms with Crippen LogP contribution in [0.15, 0.2) is 106 Å². The molecule has 4 heteroatoms. The van der Waals surface area contributed by atoms with Crippen molar-refractivity contribution in [3.63, 3.8) is 0 Å². The Balaban J connectivity index is 0.000000144. The Morgan fingerprint density at radius 1 is 0.697 bits per heavy atom. The van der Waals surface area contributed by atoms with E-state index in [9.17, 15) is 14.7 Å². The van der Waals surface area contributed by atoms with Crippen LogP contribution in [-0.4, -0.2) is 11.8 Å². The summed E-state index contributed by atoms with van der Waals surface area (Å²) in [6.07, 6.45) is 3.74. The van der Waals surface area contributed by atoms with E-state index in [1.54, 1.807) is 0 Å². The number of rotatable bonds is 4. The van der Waals surface area contributed by atoms with Crippen LogP contribution in [0.3, 0.4) is 0 Å². The quantitative estimate of drug-likeness (QED) is 0.524. The van der Waals surface area contributed by atoms with Crippen LogP contribution >= 0.6 is 0 Å². The summed E-state index contributed by atoms with van der Waals surface area (Å²) in [5.74, 6) is -0.0244. The number of carbonyl (C=O) groups excluding carboxylic acids is 2. The fraction of sp³-hybridized carbons (Fsp3) is 0.310. The van der Waals surface area contributed by atoms with Gasteiger partial charge in [-0.05, 0) is 74.4 Å². The zero-order valence-corrected chi connectivity index (χ0v) is 19.4. The van der Waals surface area contributed by atoms with E-state index in [4.69, 9.17) is 0 Å². The molecule has 0 aliphatic heterocycles. The number of ketones is 1. The zero-order valence-electron chi connectivity index (χ0n) is 18.6. The lowest BCUT2D eigenvalue weighted by atomic mass is 9.49. The molecule has 0 heterocycles. The van der Waals surface area contributed by atoms with Crippen molar-refractivity contribution >= 4 is 22.6 Å². The van der Waals surface area contributed by atoms with Crippen molar-refractivity contribution in [3.05, 3.63) is 91.0 Å². The van der Waals surface area contributed by atoms with Crippen LogP contribution < -0.4 is 5.11 Å². The van der Waals surface area contributed by atoms with E-state index in [0.717, 1.165) is 19.3 Å². The van der Waals surface area contributed by atoms with Gasteiger partial charge in [-0.25, -0.2) is 0 Å². The monoisotopic (exact) mass is 456 g/mol. The molecule has 168 valence electrons. The van der Waals surface area contributed by atoms with Crippen molar-refractivity contribution in [3.8, 4) is 0 Å². The van der Waals surface area contributed by atoms with Crippen molar-refractivity contribution in [2.24, 2.45) is 23.2 Å². The first-order valence-electron chi connectivity index (χ1n) is 11.7. The summed E-state index contributed by atoms with van der Waals surface area (Å²) >= 11 is 0. The molecule has 4 aliphatic rings. The average Bonchev–Trinajstić information content (AvgIpc) is 2.84. The number of aliphatic carboxylic acids is 1. The predicted molar refractivity (Wildman–Crippen MR) is 127 cm³/mol. The largest absolute Gasteiger partial charge is 0.550 e. The molecule has 2 unspecified atom stereocenters. The van der Waals surface area contributed by atoms with Crippen molar-refractivity contribution in [1.82, 2.24) is 0 Å². The summed E-state index contributed by atoms with van der Waals surface area (Å²) in [7, 11) is -0.0146. The van der Waals surface area contributed by atoms with Crippen LogP contribution in [0.4, 0.5) is 0 Å². The van der Waals surface area contributed by atoms with Gasteiger partial charge in [0.2, 0.25) is 0 Å². The first-order valence-corrected chi connectivity index (χ1v) is 12.9. The van der Waals surface area contributed by atoms with Crippen LogP contribution in [0, 0.1) is 23.2 Å². The molecule has 4 saturated carbocycles. The SMILES string of the molecule is O=C1C2CC3CC1CC(C(=O)[O-])(C3)C2.c1ccc([S+](c2ccccc2)c2ccccc2)cc1. The van der Waals surface area contributed by atoms with Gasteiger partial charge in [0.1, 0.15) is 5.78 Å². The highest BCUT2D eigenvalue weighted by Gasteiger charge is 2.55. The normalized spacial score (nSPS) is 27.2. The third kappa shape index (κ3) is 4.37. The van der Waals surface area contributed by atoms with Crippen molar-refractivity contribution < 1.29 is 14.7 Å².